The second-order valence-electron chi connectivity index (χ2n) is 6.01. The van der Waals surface area contributed by atoms with E-state index in [4.69, 9.17) is 15.7 Å². The van der Waals surface area contributed by atoms with Crippen LogP contribution in [0.4, 0.5) is 4.79 Å². The number of carboxylic acid groups (broad SMARTS) is 1. The molecule has 9 heteroatoms. The first-order valence-electron chi connectivity index (χ1n) is 8.16. The van der Waals surface area contributed by atoms with Crippen molar-refractivity contribution >= 4 is 24.2 Å². The molecule has 0 aliphatic carbocycles. The number of nitrogens with one attached hydrogen (secondary N) is 1. The van der Waals surface area contributed by atoms with Gasteiger partial charge >= 0.3 is 12.1 Å². The number of hydrazone groups is 1. The molecule has 1 saturated heterocycles. The summed E-state index contributed by atoms with van der Waals surface area (Å²) in [6.45, 7) is 0.0440. The van der Waals surface area contributed by atoms with Gasteiger partial charge in [-0.1, -0.05) is 24.3 Å². The number of carboxylic acids is 1. The van der Waals surface area contributed by atoms with Gasteiger partial charge in [-0.2, -0.15) is 5.10 Å². The van der Waals surface area contributed by atoms with Gasteiger partial charge in [-0.3, -0.25) is 9.59 Å². The maximum absolute atomic E-state index is 12.1. The first kappa shape index (κ1) is 19.2. The Balaban J connectivity index is 2.00. The molecule has 140 valence electrons. The van der Waals surface area contributed by atoms with Crippen LogP contribution in [-0.2, 0) is 14.3 Å². The van der Waals surface area contributed by atoms with Crippen molar-refractivity contribution in [2.75, 3.05) is 13.6 Å². The lowest BCUT2D eigenvalue weighted by Gasteiger charge is -2.36. The molecule has 0 saturated carbocycles. The third-order valence-electron chi connectivity index (χ3n) is 4.13. The lowest BCUT2D eigenvalue weighted by molar-refractivity contribution is -0.136. The monoisotopic (exact) mass is 362 g/mol. The summed E-state index contributed by atoms with van der Waals surface area (Å²) in [7, 11) is 1.64. The zero-order chi connectivity index (χ0) is 19.1. The number of hydrogen-bond acceptors (Lipinski definition) is 6. The standard InChI is InChI=1S/C17H22N4O5/c1-21-14(12-4-2-11(3-5-12)10-20-18)8-13(26-17(21)25)9-15(22)19-7-6-16(23)24/h2-5,10,13-14H,6-9,18H2,1H3,(H,19,22)(H,23,24)/t13-,14+/m0/s1. The van der Waals surface area contributed by atoms with Crippen LogP contribution in [0.15, 0.2) is 29.4 Å². The van der Waals surface area contributed by atoms with Crippen molar-refractivity contribution in [3.8, 4) is 0 Å². The van der Waals surface area contributed by atoms with Gasteiger partial charge in [0.15, 0.2) is 0 Å². The van der Waals surface area contributed by atoms with Gasteiger partial charge in [0.1, 0.15) is 6.10 Å². The molecule has 0 aromatic heterocycles. The number of cyclic esters (lactones) is 1. The maximum Gasteiger partial charge on any atom is 0.410 e. The van der Waals surface area contributed by atoms with E-state index < -0.39 is 18.2 Å². The van der Waals surface area contributed by atoms with Crippen LogP contribution >= 0.6 is 0 Å². The molecule has 1 aliphatic heterocycles. The molecule has 1 fully saturated rings. The van der Waals surface area contributed by atoms with Crippen LogP contribution in [0.1, 0.15) is 36.4 Å². The molecule has 0 spiro atoms. The molecule has 1 heterocycles. The van der Waals surface area contributed by atoms with E-state index in [-0.39, 0.29) is 31.3 Å². The Morgan fingerprint density at radius 1 is 1.42 bits per heavy atom. The summed E-state index contributed by atoms with van der Waals surface area (Å²) in [6.07, 6.45) is 0.746. The largest absolute Gasteiger partial charge is 0.481 e. The summed E-state index contributed by atoms with van der Waals surface area (Å²) in [5, 5.41) is 14.6. The first-order valence-corrected chi connectivity index (χ1v) is 8.16. The highest BCUT2D eigenvalue weighted by Gasteiger charge is 2.34. The number of rotatable bonds is 7. The fourth-order valence-corrected chi connectivity index (χ4v) is 2.77. The molecule has 1 aromatic carbocycles. The molecular formula is C17H22N4O5. The second kappa shape index (κ2) is 8.84. The predicted molar refractivity (Wildman–Crippen MR) is 93.5 cm³/mol. The smallest absolute Gasteiger partial charge is 0.410 e. The minimum absolute atomic E-state index is 0.00634. The first-order chi connectivity index (χ1) is 12.4. The summed E-state index contributed by atoms with van der Waals surface area (Å²) in [5.74, 6) is 3.79. The van der Waals surface area contributed by atoms with E-state index in [0.717, 1.165) is 11.1 Å². The fraction of sp³-hybridized carbons (Fsp3) is 0.412. The topological polar surface area (TPSA) is 134 Å². The zero-order valence-electron chi connectivity index (χ0n) is 14.4. The number of benzene rings is 1. The van der Waals surface area contributed by atoms with E-state index in [2.05, 4.69) is 10.4 Å². The van der Waals surface area contributed by atoms with E-state index in [1.807, 2.05) is 24.3 Å². The average molecular weight is 362 g/mol. The van der Waals surface area contributed by atoms with Gasteiger partial charge in [-0.15, -0.1) is 0 Å². The van der Waals surface area contributed by atoms with Crippen molar-refractivity contribution < 1.29 is 24.2 Å². The molecule has 2 atom stereocenters. The van der Waals surface area contributed by atoms with E-state index in [1.54, 1.807) is 7.05 Å². The summed E-state index contributed by atoms with van der Waals surface area (Å²) in [4.78, 5) is 36.0. The van der Waals surface area contributed by atoms with Crippen LogP contribution in [0.2, 0.25) is 0 Å². The number of amides is 2. The lowest BCUT2D eigenvalue weighted by Crippen LogP contribution is -2.43. The molecule has 4 N–H and O–H groups in total. The number of carbonyl (C=O) groups is 3. The van der Waals surface area contributed by atoms with Crippen molar-refractivity contribution in [1.82, 2.24) is 10.2 Å². The molecular weight excluding hydrogens is 340 g/mol. The Morgan fingerprint density at radius 2 is 2.12 bits per heavy atom. The Kier molecular flexibility index (Phi) is 6.54. The predicted octanol–water partition coefficient (Wildman–Crippen LogP) is 0.842. The Bertz CT molecular complexity index is 689. The van der Waals surface area contributed by atoms with Gasteiger partial charge in [-0.25, -0.2) is 4.79 Å². The van der Waals surface area contributed by atoms with E-state index in [1.165, 1.54) is 11.1 Å². The molecule has 2 rings (SSSR count). The average Bonchev–Trinajstić information content (AvgIpc) is 2.58. The number of nitrogens with zero attached hydrogens (tertiary/aromatic N) is 2. The van der Waals surface area contributed by atoms with Crippen molar-refractivity contribution in [2.24, 2.45) is 10.9 Å². The quantitative estimate of drug-likeness (QED) is 0.374. The number of ether oxygens (including phenoxy) is 1. The molecule has 9 nitrogen and oxygen atoms in total. The van der Waals surface area contributed by atoms with Crippen LogP contribution < -0.4 is 11.2 Å². The highest BCUT2D eigenvalue weighted by molar-refractivity contribution is 5.79. The van der Waals surface area contributed by atoms with Gasteiger partial charge in [-0.05, 0) is 11.1 Å². The van der Waals surface area contributed by atoms with Crippen LogP contribution in [0, 0.1) is 0 Å². The van der Waals surface area contributed by atoms with Crippen molar-refractivity contribution in [1.29, 1.82) is 0 Å². The van der Waals surface area contributed by atoms with Gasteiger partial charge in [0.05, 0.1) is 25.1 Å². The van der Waals surface area contributed by atoms with Gasteiger partial charge in [0, 0.05) is 20.0 Å². The van der Waals surface area contributed by atoms with Crippen LogP contribution in [0.3, 0.4) is 0 Å². The zero-order valence-corrected chi connectivity index (χ0v) is 14.4. The Hall–Kier alpha value is -3.10. The van der Waals surface area contributed by atoms with Crippen LogP contribution in [-0.4, -0.2) is 53.9 Å². The molecule has 0 bridgehead atoms. The molecule has 2 amide bonds. The minimum Gasteiger partial charge on any atom is -0.481 e. The van der Waals surface area contributed by atoms with Gasteiger partial charge < -0.3 is 25.9 Å². The van der Waals surface area contributed by atoms with Crippen molar-refractivity contribution in [2.45, 2.75) is 31.4 Å². The number of nitrogens with two attached hydrogens (primary N) is 1. The van der Waals surface area contributed by atoms with E-state index in [0.29, 0.717) is 6.42 Å². The molecule has 1 aliphatic rings. The Labute approximate surface area is 150 Å². The molecule has 26 heavy (non-hydrogen) atoms. The van der Waals surface area contributed by atoms with Crippen molar-refractivity contribution in [3.05, 3.63) is 35.4 Å². The molecule has 1 aromatic rings. The van der Waals surface area contributed by atoms with E-state index >= 15 is 0 Å². The normalized spacial score (nSPS) is 20.0. The van der Waals surface area contributed by atoms with Crippen LogP contribution in [0.25, 0.3) is 0 Å². The lowest BCUT2D eigenvalue weighted by atomic mass is 9.96. The number of aliphatic carboxylic acids is 1. The van der Waals surface area contributed by atoms with Gasteiger partial charge in [0.2, 0.25) is 5.91 Å². The maximum atomic E-state index is 12.1. The number of hydrogen-bond donors (Lipinski definition) is 3. The van der Waals surface area contributed by atoms with Crippen molar-refractivity contribution in [3.63, 3.8) is 0 Å². The molecule has 0 unspecified atom stereocenters. The minimum atomic E-state index is -0.987. The summed E-state index contributed by atoms with van der Waals surface area (Å²) in [6, 6.07) is 7.21. The molecule has 0 radical (unpaired) electrons. The highest BCUT2D eigenvalue weighted by Crippen LogP contribution is 2.31. The number of carbonyl (C=O) groups excluding carboxylic acids is 2. The van der Waals surface area contributed by atoms with Crippen LogP contribution in [0.5, 0.6) is 0 Å². The van der Waals surface area contributed by atoms with Gasteiger partial charge in [0.25, 0.3) is 0 Å². The summed E-state index contributed by atoms with van der Waals surface area (Å²) < 4.78 is 5.28. The van der Waals surface area contributed by atoms with E-state index in [9.17, 15) is 14.4 Å². The Morgan fingerprint density at radius 3 is 2.73 bits per heavy atom. The summed E-state index contributed by atoms with van der Waals surface area (Å²) >= 11 is 0. The fourth-order valence-electron chi connectivity index (χ4n) is 2.77. The SMILES string of the molecule is CN1C(=O)O[C@H](CC(=O)NCCC(=O)O)C[C@@H]1c1ccc(C=NN)cc1. The summed E-state index contributed by atoms with van der Waals surface area (Å²) in [5.41, 5.74) is 1.75. The third-order valence-corrected chi connectivity index (χ3v) is 4.13. The second-order valence-corrected chi connectivity index (χ2v) is 6.01. The highest BCUT2D eigenvalue weighted by atomic mass is 16.6. The third kappa shape index (κ3) is 5.20.